The Kier molecular flexibility index (Phi) is 19.2. The molecule has 0 amide bonds. The van der Waals surface area contributed by atoms with Gasteiger partial charge in [0.05, 0.1) is 7.11 Å². The fraction of sp³-hybridized carbons (Fsp3) is 0.333. The van der Waals surface area contributed by atoms with Crippen LogP contribution in [0.1, 0.15) is 0 Å². The van der Waals surface area contributed by atoms with Crippen molar-refractivity contribution in [3.8, 4) is 0 Å². The van der Waals surface area contributed by atoms with Crippen molar-refractivity contribution in [1.29, 1.82) is 0 Å². The van der Waals surface area contributed by atoms with Crippen LogP contribution >= 0.6 is 11.6 Å². The minimum Gasteiger partial charge on any atom is -0.480 e. The maximum absolute atomic E-state index is 9.84. The number of carboxylic acids is 1. The van der Waals surface area contributed by atoms with Gasteiger partial charge in [-0.1, -0.05) is 6.58 Å². The molecule has 4 nitrogen and oxygen atoms in total. The molecular weight excluding hydrogens is 235 g/mol. The molecule has 0 aromatic heterocycles. The molecule has 0 aliphatic carbocycles. The topological polar surface area (TPSA) is 63.6 Å². The third-order valence-electron chi connectivity index (χ3n) is 0.482. The summed E-state index contributed by atoms with van der Waals surface area (Å²) in [6.45, 7) is 3.16. The van der Waals surface area contributed by atoms with Gasteiger partial charge in [0.15, 0.2) is 0 Å². The van der Waals surface area contributed by atoms with Gasteiger partial charge in [0.2, 0.25) is 0 Å². The van der Waals surface area contributed by atoms with Crippen molar-refractivity contribution < 1.29 is 36.5 Å². The zero-order chi connectivity index (χ0) is 9.28. The summed E-state index contributed by atoms with van der Waals surface area (Å²) < 4.78 is 4.14. The molecule has 0 aliphatic heterocycles. The second-order valence-electron chi connectivity index (χ2n) is 1.25. The van der Waals surface area contributed by atoms with E-state index in [1.807, 2.05) is 0 Å². The Balaban J connectivity index is -0.000000126. The van der Waals surface area contributed by atoms with Gasteiger partial charge < -0.3 is 9.84 Å². The summed E-state index contributed by atoms with van der Waals surface area (Å²) in [7, 11) is 1.31. The van der Waals surface area contributed by atoms with Gasteiger partial charge in [0, 0.05) is 23.1 Å². The van der Waals surface area contributed by atoms with E-state index in [1.54, 1.807) is 0 Å². The predicted octanol–water partition coefficient (Wildman–Crippen LogP) is 0.653. The van der Waals surface area contributed by atoms with Crippen LogP contribution in [0.25, 0.3) is 0 Å². The van der Waals surface area contributed by atoms with Crippen LogP contribution < -0.4 is 0 Å². The minimum atomic E-state index is -0.980. The fourth-order valence-corrected chi connectivity index (χ4v) is 0.0833. The van der Waals surface area contributed by atoms with Gasteiger partial charge in [0.25, 0.3) is 0 Å². The molecule has 0 atom stereocenters. The van der Waals surface area contributed by atoms with Crippen molar-refractivity contribution in [2.24, 2.45) is 0 Å². The number of hydrogen-bond donors (Lipinski definition) is 1. The molecule has 0 heterocycles. The summed E-state index contributed by atoms with van der Waals surface area (Å²) in [6.07, 6.45) is 1.11. The molecule has 0 saturated heterocycles. The van der Waals surface area contributed by atoms with E-state index in [0.29, 0.717) is 0 Å². The van der Waals surface area contributed by atoms with Crippen molar-refractivity contribution in [2.75, 3.05) is 13.0 Å². The summed E-state index contributed by atoms with van der Waals surface area (Å²) >= 11 is 4.74. The van der Waals surface area contributed by atoms with E-state index in [9.17, 15) is 9.59 Å². The second kappa shape index (κ2) is 13.1. The Morgan fingerprint density at radius 2 is 2.00 bits per heavy atom. The Labute approximate surface area is 86.0 Å². The number of carboxylic acid groups (broad SMARTS) is 1. The van der Waals surface area contributed by atoms with E-state index in [-0.39, 0.29) is 22.9 Å². The zero-order valence-corrected chi connectivity index (χ0v) is 8.04. The van der Waals surface area contributed by atoms with E-state index in [4.69, 9.17) is 16.7 Å². The molecular formula is C6H9ClCuO4. The number of halogens is 1. The van der Waals surface area contributed by atoms with Gasteiger partial charge in [-0.3, -0.25) is 4.79 Å². The summed E-state index contributed by atoms with van der Waals surface area (Å²) in [4.78, 5) is 19.1. The second-order valence-corrected chi connectivity index (χ2v) is 1.52. The molecule has 1 N–H and O–H groups in total. The van der Waals surface area contributed by atoms with E-state index in [1.165, 1.54) is 7.11 Å². The van der Waals surface area contributed by atoms with Crippen LogP contribution in [0.3, 0.4) is 0 Å². The van der Waals surface area contributed by atoms with Crippen LogP contribution in [-0.4, -0.2) is 30.0 Å². The first kappa shape index (κ1) is 17.5. The third-order valence-corrected chi connectivity index (χ3v) is 0.711. The number of ether oxygens (including phenoxy) is 1. The van der Waals surface area contributed by atoms with Crippen LogP contribution in [-0.2, 0) is 31.4 Å². The van der Waals surface area contributed by atoms with Crippen LogP contribution in [0, 0.1) is 0 Å². The van der Waals surface area contributed by atoms with Gasteiger partial charge >= 0.3 is 11.9 Å². The van der Waals surface area contributed by atoms with Gasteiger partial charge in [0.1, 0.15) is 5.88 Å². The van der Waals surface area contributed by atoms with Gasteiger partial charge in [-0.2, -0.15) is 0 Å². The number of rotatable bonds is 2. The zero-order valence-electron chi connectivity index (χ0n) is 6.34. The van der Waals surface area contributed by atoms with Gasteiger partial charge in [-0.25, -0.2) is 4.79 Å². The average Bonchev–Trinajstić information content (AvgIpc) is 2.04. The maximum atomic E-state index is 9.84. The molecule has 0 fully saturated rings. The molecule has 6 heteroatoms. The molecule has 0 rings (SSSR count). The Bertz CT molecular complexity index is 148. The molecule has 75 valence electrons. The largest absolute Gasteiger partial charge is 0.480 e. The first-order valence-electron chi connectivity index (χ1n) is 2.56. The van der Waals surface area contributed by atoms with E-state index in [2.05, 4.69) is 11.3 Å². The van der Waals surface area contributed by atoms with Gasteiger partial charge in [-0.05, 0) is 0 Å². The molecule has 0 aromatic carbocycles. The summed E-state index contributed by atoms with van der Waals surface area (Å²) in [5.41, 5.74) is 0. The quantitative estimate of drug-likeness (QED) is 0.335. The van der Waals surface area contributed by atoms with Crippen LogP contribution in [0.2, 0.25) is 0 Å². The van der Waals surface area contributed by atoms with Crippen LogP contribution in [0.15, 0.2) is 12.7 Å². The van der Waals surface area contributed by atoms with Crippen molar-refractivity contribution in [3.63, 3.8) is 0 Å². The van der Waals surface area contributed by atoms with E-state index >= 15 is 0 Å². The number of methoxy groups -OCH3 is 1. The molecule has 1 radical (unpaired) electrons. The number of carbonyl (C=O) groups is 2. The Morgan fingerprint density at radius 1 is 1.67 bits per heavy atom. The molecule has 0 aliphatic rings. The molecule has 0 aromatic rings. The normalized spacial score (nSPS) is 6.50. The summed E-state index contributed by atoms with van der Waals surface area (Å²) in [5, 5.41) is 7.59. The summed E-state index contributed by atoms with van der Waals surface area (Å²) in [6, 6.07) is 0. The third kappa shape index (κ3) is 22.7. The number of esters is 1. The predicted molar refractivity (Wildman–Crippen MR) is 40.6 cm³/mol. The average molecular weight is 244 g/mol. The maximum Gasteiger partial charge on any atom is 0.329 e. The van der Waals surface area contributed by atoms with Crippen molar-refractivity contribution in [1.82, 2.24) is 0 Å². The SMILES string of the molecule is C=CC(=O)OC.O=C(O)CCl.[Cu]. The van der Waals surface area contributed by atoms with Crippen LogP contribution in [0.4, 0.5) is 0 Å². The number of hydrogen-bond acceptors (Lipinski definition) is 3. The number of alkyl halides is 1. The molecule has 0 bridgehead atoms. The van der Waals surface area contributed by atoms with E-state index in [0.717, 1.165) is 6.08 Å². The van der Waals surface area contributed by atoms with Crippen molar-refractivity contribution in [3.05, 3.63) is 12.7 Å². The standard InChI is InChI=1S/C4H6O2.C2H3ClO2.Cu/c1-3-4(5)6-2;3-1-2(4)5;/h3H,1H2,2H3;1H2,(H,4,5);. The fourth-order valence-electron chi connectivity index (χ4n) is 0.0833. The van der Waals surface area contributed by atoms with Crippen molar-refractivity contribution >= 4 is 23.5 Å². The number of carbonyl (C=O) groups excluding carboxylic acids is 1. The smallest absolute Gasteiger partial charge is 0.329 e. The summed E-state index contributed by atoms with van der Waals surface area (Å²) in [5.74, 6) is -1.68. The van der Waals surface area contributed by atoms with Gasteiger partial charge in [-0.15, -0.1) is 11.6 Å². The Morgan fingerprint density at radius 3 is 2.00 bits per heavy atom. The molecule has 0 unspecified atom stereocenters. The monoisotopic (exact) mass is 243 g/mol. The Hall–Kier alpha value is -0.511. The van der Waals surface area contributed by atoms with Crippen molar-refractivity contribution in [2.45, 2.75) is 0 Å². The minimum absolute atomic E-state index is 0. The van der Waals surface area contributed by atoms with Crippen LogP contribution in [0.5, 0.6) is 0 Å². The molecule has 0 spiro atoms. The molecule has 12 heavy (non-hydrogen) atoms. The first-order chi connectivity index (χ1) is 5.08. The first-order valence-corrected chi connectivity index (χ1v) is 3.10. The molecule has 0 saturated carbocycles. The van der Waals surface area contributed by atoms with E-state index < -0.39 is 11.9 Å². The number of aliphatic carboxylic acids is 1.